The zero-order valence-corrected chi connectivity index (χ0v) is 11.0. The van der Waals surface area contributed by atoms with Gasteiger partial charge in [0.25, 0.3) is 0 Å². The topological polar surface area (TPSA) is 41.5 Å². The highest BCUT2D eigenvalue weighted by atomic mass is 16.5. The van der Waals surface area contributed by atoms with Crippen molar-refractivity contribution in [1.82, 2.24) is 5.32 Å². The largest absolute Gasteiger partial charge is 0.396 e. The summed E-state index contributed by atoms with van der Waals surface area (Å²) in [6, 6.07) is 11.0. The molecule has 2 N–H and O–H groups in total. The summed E-state index contributed by atoms with van der Waals surface area (Å²) >= 11 is 0. The van der Waals surface area contributed by atoms with Crippen LogP contribution in [0.2, 0.25) is 0 Å². The van der Waals surface area contributed by atoms with Crippen LogP contribution < -0.4 is 5.32 Å². The molecule has 100 valence electrons. The summed E-state index contributed by atoms with van der Waals surface area (Å²) in [4.78, 5) is 0. The average Bonchev–Trinajstić information content (AvgIpc) is 2.86. The van der Waals surface area contributed by atoms with Gasteiger partial charge in [-0.3, -0.25) is 0 Å². The maximum absolute atomic E-state index is 9.38. The van der Waals surface area contributed by atoms with Crippen LogP contribution >= 0.6 is 0 Å². The summed E-state index contributed by atoms with van der Waals surface area (Å²) in [5.41, 5.74) is 1.25. The van der Waals surface area contributed by atoms with E-state index in [4.69, 9.17) is 4.74 Å². The summed E-state index contributed by atoms with van der Waals surface area (Å²) in [5.74, 6) is 0.396. The van der Waals surface area contributed by atoms with Crippen molar-refractivity contribution < 1.29 is 9.84 Å². The molecule has 1 aliphatic carbocycles. The molecule has 0 heterocycles. The molecule has 18 heavy (non-hydrogen) atoms. The molecule has 3 unspecified atom stereocenters. The normalized spacial score (nSPS) is 25.2. The Balaban J connectivity index is 2.02. The molecule has 2 rings (SSSR count). The van der Waals surface area contributed by atoms with E-state index in [1.54, 1.807) is 7.11 Å². The van der Waals surface area contributed by atoms with Crippen LogP contribution in [0.5, 0.6) is 0 Å². The minimum atomic E-state index is 0.216. The summed E-state index contributed by atoms with van der Waals surface area (Å²) in [6.45, 7) is 0.949. The van der Waals surface area contributed by atoms with Crippen LogP contribution in [0.1, 0.15) is 30.9 Å². The van der Waals surface area contributed by atoms with Crippen LogP contribution in [-0.4, -0.2) is 31.5 Å². The van der Waals surface area contributed by atoms with Gasteiger partial charge in [0.1, 0.15) is 0 Å². The van der Waals surface area contributed by atoms with Crippen LogP contribution in [0.3, 0.4) is 0 Å². The molecule has 0 spiro atoms. The van der Waals surface area contributed by atoms with Crippen molar-refractivity contribution in [3.63, 3.8) is 0 Å². The first kappa shape index (κ1) is 13.5. The molecule has 0 radical (unpaired) electrons. The number of aliphatic hydroxyl groups is 1. The lowest BCUT2D eigenvalue weighted by atomic mass is 10.0. The van der Waals surface area contributed by atoms with Crippen LogP contribution in [0, 0.1) is 5.92 Å². The van der Waals surface area contributed by atoms with Gasteiger partial charge in [0.2, 0.25) is 0 Å². The minimum Gasteiger partial charge on any atom is -0.396 e. The quantitative estimate of drug-likeness (QED) is 0.811. The van der Waals surface area contributed by atoms with Gasteiger partial charge in [0.15, 0.2) is 0 Å². The lowest BCUT2D eigenvalue weighted by Gasteiger charge is -2.26. The van der Waals surface area contributed by atoms with Gasteiger partial charge in [-0.15, -0.1) is 0 Å². The highest BCUT2D eigenvalue weighted by Crippen LogP contribution is 2.27. The Morgan fingerprint density at radius 3 is 2.78 bits per heavy atom. The lowest BCUT2D eigenvalue weighted by molar-refractivity contribution is 0.145. The molecule has 0 bridgehead atoms. The van der Waals surface area contributed by atoms with E-state index < -0.39 is 0 Å². The molecule has 0 aromatic heterocycles. The fourth-order valence-electron chi connectivity index (χ4n) is 2.83. The standard InChI is InChI=1S/C15H23NO2/c1-18-11-15(12-6-3-2-4-7-12)16-14-9-5-8-13(14)10-17/h2-4,6-7,13-17H,5,8-11H2,1H3. The first-order chi connectivity index (χ1) is 8.85. The van der Waals surface area contributed by atoms with Gasteiger partial charge in [-0.2, -0.15) is 0 Å². The number of benzene rings is 1. The fourth-order valence-corrected chi connectivity index (χ4v) is 2.83. The molecule has 1 aromatic carbocycles. The monoisotopic (exact) mass is 249 g/mol. The maximum atomic E-state index is 9.38. The zero-order valence-electron chi connectivity index (χ0n) is 11.0. The minimum absolute atomic E-state index is 0.216. The molecule has 0 amide bonds. The summed E-state index contributed by atoms with van der Waals surface area (Å²) in [7, 11) is 1.73. The number of aliphatic hydroxyl groups excluding tert-OH is 1. The number of rotatable bonds is 6. The zero-order chi connectivity index (χ0) is 12.8. The molecule has 3 atom stereocenters. The molecule has 0 saturated heterocycles. The van der Waals surface area contributed by atoms with Crippen LogP contribution in [0.15, 0.2) is 30.3 Å². The molecule has 3 heteroatoms. The number of methoxy groups -OCH3 is 1. The van der Waals surface area contributed by atoms with Crippen molar-refractivity contribution in [1.29, 1.82) is 0 Å². The first-order valence-corrected chi connectivity index (χ1v) is 6.76. The molecular weight excluding hydrogens is 226 g/mol. The third-order valence-corrected chi connectivity index (χ3v) is 3.84. The Hall–Kier alpha value is -0.900. The van der Waals surface area contributed by atoms with E-state index in [1.165, 1.54) is 12.0 Å². The molecular formula is C15H23NO2. The average molecular weight is 249 g/mol. The second kappa shape index (κ2) is 6.88. The van der Waals surface area contributed by atoms with Gasteiger partial charge in [0, 0.05) is 19.8 Å². The van der Waals surface area contributed by atoms with Gasteiger partial charge in [0.05, 0.1) is 12.6 Å². The Morgan fingerprint density at radius 1 is 1.33 bits per heavy atom. The summed E-state index contributed by atoms with van der Waals surface area (Å²) in [5, 5.41) is 13.0. The van der Waals surface area contributed by atoms with Crippen molar-refractivity contribution in [2.24, 2.45) is 5.92 Å². The van der Waals surface area contributed by atoms with E-state index >= 15 is 0 Å². The van der Waals surface area contributed by atoms with Gasteiger partial charge >= 0.3 is 0 Å². The summed E-state index contributed by atoms with van der Waals surface area (Å²) < 4.78 is 5.31. The van der Waals surface area contributed by atoms with Crippen molar-refractivity contribution in [2.45, 2.75) is 31.3 Å². The van der Waals surface area contributed by atoms with E-state index in [1.807, 2.05) is 6.07 Å². The predicted molar refractivity (Wildman–Crippen MR) is 72.4 cm³/mol. The molecule has 0 aliphatic heterocycles. The van der Waals surface area contributed by atoms with E-state index in [0.717, 1.165) is 12.8 Å². The van der Waals surface area contributed by atoms with Crippen molar-refractivity contribution in [3.05, 3.63) is 35.9 Å². The predicted octanol–water partition coefficient (Wildman–Crippen LogP) is 2.12. The van der Waals surface area contributed by atoms with E-state index in [9.17, 15) is 5.11 Å². The number of hydrogen-bond acceptors (Lipinski definition) is 3. The van der Waals surface area contributed by atoms with Gasteiger partial charge in [-0.05, 0) is 24.3 Å². The number of nitrogens with one attached hydrogen (secondary N) is 1. The van der Waals surface area contributed by atoms with Crippen LogP contribution in [0.25, 0.3) is 0 Å². The van der Waals surface area contributed by atoms with Gasteiger partial charge < -0.3 is 15.2 Å². The second-order valence-electron chi connectivity index (χ2n) is 5.07. The maximum Gasteiger partial charge on any atom is 0.0657 e. The second-order valence-corrected chi connectivity index (χ2v) is 5.07. The first-order valence-electron chi connectivity index (χ1n) is 6.76. The molecule has 1 fully saturated rings. The Morgan fingerprint density at radius 2 is 2.11 bits per heavy atom. The van der Waals surface area contributed by atoms with Crippen molar-refractivity contribution in [2.75, 3.05) is 20.3 Å². The van der Waals surface area contributed by atoms with E-state index in [2.05, 4.69) is 29.6 Å². The molecule has 1 saturated carbocycles. The number of ether oxygens (including phenoxy) is 1. The lowest BCUT2D eigenvalue weighted by Crippen LogP contribution is -2.38. The fraction of sp³-hybridized carbons (Fsp3) is 0.600. The SMILES string of the molecule is COCC(NC1CCCC1CO)c1ccccc1. The van der Waals surface area contributed by atoms with Gasteiger partial charge in [-0.1, -0.05) is 36.8 Å². The highest BCUT2D eigenvalue weighted by Gasteiger charge is 2.28. The smallest absolute Gasteiger partial charge is 0.0657 e. The van der Waals surface area contributed by atoms with Crippen LogP contribution in [-0.2, 0) is 4.74 Å². The molecule has 1 aromatic rings. The van der Waals surface area contributed by atoms with Crippen molar-refractivity contribution in [3.8, 4) is 0 Å². The molecule has 3 nitrogen and oxygen atoms in total. The number of hydrogen-bond donors (Lipinski definition) is 2. The third kappa shape index (κ3) is 3.31. The summed E-state index contributed by atoms with van der Waals surface area (Å²) in [6.07, 6.45) is 3.48. The van der Waals surface area contributed by atoms with Crippen LogP contribution in [0.4, 0.5) is 0 Å². The molecule has 1 aliphatic rings. The highest BCUT2D eigenvalue weighted by molar-refractivity contribution is 5.19. The van der Waals surface area contributed by atoms with Crippen molar-refractivity contribution >= 4 is 0 Å². The Bertz CT molecular complexity index is 342. The van der Waals surface area contributed by atoms with E-state index in [0.29, 0.717) is 18.6 Å². The third-order valence-electron chi connectivity index (χ3n) is 3.84. The Kier molecular flexibility index (Phi) is 5.17. The Labute approximate surface area is 109 Å². The van der Waals surface area contributed by atoms with Gasteiger partial charge in [-0.25, -0.2) is 0 Å². The van der Waals surface area contributed by atoms with E-state index in [-0.39, 0.29) is 12.6 Å².